The van der Waals surface area contributed by atoms with Crippen molar-refractivity contribution in [1.82, 2.24) is 9.88 Å². The van der Waals surface area contributed by atoms with Crippen LogP contribution < -0.4 is 0 Å². The van der Waals surface area contributed by atoms with Crippen molar-refractivity contribution in [2.45, 2.75) is 24.5 Å². The third-order valence-corrected chi connectivity index (χ3v) is 6.41. The van der Waals surface area contributed by atoms with Gasteiger partial charge < -0.3 is 24.8 Å². The molecule has 6 nitrogen and oxygen atoms in total. The number of nitrogens with zero attached hydrogens (tertiary/aromatic N) is 1. The number of hydrogen-bond donors (Lipinski definition) is 3. The van der Waals surface area contributed by atoms with Gasteiger partial charge in [0.15, 0.2) is 0 Å². The molecule has 0 amide bonds. The SMILES string of the molecule is COC(=O)C1=CN2CCc3c([nH]c4ccccc34)[C@@H]2[C@@]2(O)C(CO)=CC[C@H]12. The molecule has 1 aromatic heterocycles. The summed E-state index contributed by atoms with van der Waals surface area (Å²) in [5, 5.41) is 23.0. The molecule has 3 N–H and O–H groups in total. The Morgan fingerprint density at radius 2 is 2.22 bits per heavy atom. The third kappa shape index (κ3) is 2.05. The van der Waals surface area contributed by atoms with Gasteiger partial charge in [-0.15, -0.1) is 0 Å². The number of H-pyrrole nitrogens is 1. The van der Waals surface area contributed by atoms with Gasteiger partial charge in [0.05, 0.1) is 19.3 Å². The predicted molar refractivity (Wildman–Crippen MR) is 99.8 cm³/mol. The molecule has 0 unspecified atom stereocenters. The van der Waals surface area contributed by atoms with E-state index in [9.17, 15) is 15.0 Å². The predicted octanol–water partition coefficient (Wildman–Crippen LogP) is 1.81. The van der Waals surface area contributed by atoms with Crippen molar-refractivity contribution in [1.29, 1.82) is 0 Å². The summed E-state index contributed by atoms with van der Waals surface area (Å²) in [6.07, 6.45) is 5.03. The fraction of sp³-hybridized carbons (Fsp3) is 0.381. The van der Waals surface area contributed by atoms with E-state index in [0.717, 1.165) is 17.6 Å². The number of rotatable bonds is 2. The molecule has 0 saturated carbocycles. The summed E-state index contributed by atoms with van der Waals surface area (Å²) in [7, 11) is 1.36. The van der Waals surface area contributed by atoms with Crippen LogP contribution in [0.1, 0.15) is 23.7 Å². The maximum atomic E-state index is 12.4. The van der Waals surface area contributed by atoms with Gasteiger partial charge in [-0.3, -0.25) is 0 Å². The van der Waals surface area contributed by atoms with Crippen LogP contribution in [0, 0.1) is 5.92 Å². The highest BCUT2D eigenvalue weighted by atomic mass is 16.5. The quantitative estimate of drug-likeness (QED) is 0.558. The molecular weight excluding hydrogens is 344 g/mol. The van der Waals surface area contributed by atoms with Crippen molar-refractivity contribution < 1.29 is 19.7 Å². The number of esters is 1. The number of aromatic amines is 1. The number of carbonyl (C=O) groups excluding carboxylic acids is 1. The maximum Gasteiger partial charge on any atom is 0.335 e. The third-order valence-electron chi connectivity index (χ3n) is 6.41. The van der Waals surface area contributed by atoms with Crippen LogP contribution in [0.5, 0.6) is 0 Å². The minimum absolute atomic E-state index is 0.235. The number of methoxy groups -OCH3 is 1. The summed E-state index contributed by atoms with van der Waals surface area (Å²) >= 11 is 0. The molecule has 2 aliphatic heterocycles. The lowest BCUT2D eigenvalue weighted by atomic mass is 9.70. The summed E-state index contributed by atoms with van der Waals surface area (Å²) in [6.45, 7) is 0.453. The van der Waals surface area contributed by atoms with Crippen molar-refractivity contribution in [2.75, 3.05) is 20.3 Å². The smallest absolute Gasteiger partial charge is 0.335 e. The molecule has 2 aromatic rings. The minimum atomic E-state index is -1.34. The molecule has 0 fully saturated rings. The summed E-state index contributed by atoms with van der Waals surface area (Å²) in [4.78, 5) is 17.9. The Morgan fingerprint density at radius 3 is 3.00 bits per heavy atom. The first-order chi connectivity index (χ1) is 13.1. The second-order valence-electron chi connectivity index (χ2n) is 7.53. The Labute approximate surface area is 156 Å². The van der Waals surface area contributed by atoms with E-state index in [1.807, 2.05) is 35.4 Å². The number of aromatic nitrogens is 1. The lowest BCUT2D eigenvalue weighted by molar-refractivity contribution is -0.139. The molecule has 0 radical (unpaired) electrons. The monoisotopic (exact) mass is 366 g/mol. The van der Waals surface area contributed by atoms with Gasteiger partial charge in [0.1, 0.15) is 11.6 Å². The number of para-hydroxylation sites is 1. The van der Waals surface area contributed by atoms with Gasteiger partial charge in [-0.1, -0.05) is 24.3 Å². The van der Waals surface area contributed by atoms with E-state index in [0.29, 0.717) is 24.1 Å². The highest BCUT2D eigenvalue weighted by Crippen LogP contribution is 2.55. The van der Waals surface area contributed by atoms with Gasteiger partial charge in [-0.05, 0) is 30.0 Å². The van der Waals surface area contributed by atoms with E-state index in [1.54, 1.807) is 0 Å². The minimum Gasteiger partial charge on any atom is -0.466 e. The van der Waals surface area contributed by atoms with Crippen molar-refractivity contribution in [3.8, 4) is 0 Å². The van der Waals surface area contributed by atoms with Gasteiger partial charge in [-0.2, -0.15) is 0 Å². The number of benzene rings is 1. The van der Waals surface area contributed by atoms with Crippen molar-refractivity contribution in [2.24, 2.45) is 5.92 Å². The second kappa shape index (κ2) is 5.71. The molecule has 27 heavy (non-hydrogen) atoms. The van der Waals surface area contributed by atoms with E-state index in [1.165, 1.54) is 18.1 Å². The summed E-state index contributed by atoms with van der Waals surface area (Å²) in [5.41, 5.74) is 2.91. The van der Waals surface area contributed by atoms with Gasteiger partial charge in [-0.25, -0.2) is 4.79 Å². The Bertz CT molecular complexity index is 1000. The number of allylic oxidation sites excluding steroid dienone is 1. The highest BCUT2D eigenvalue weighted by Gasteiger charge is 2.58. The second-order valence-corrected chi connectivity index (χ2v) is 7.53. The standard InChI is InChI=1S/C21H22N2O4/c1-27-20(25)15-10-23-9-8-14-13-4-2-3-5-17(13)22-18(14)19(23)21(26)12(11-24)6-7-16(15)21/h2-6,10,16,19,22,24,26H,7-9,11H2,1H3/t16-,19-,21-/m1/s1. The van der Waals surface area contributed by atoms with E-state index in [4.69, 9.17) is 4.74 Å². The number of fused-ring (bicyclic) bond motifs is 7. The van der Waals surface area contributed by atoms with Crippen molar-refractivity contribution >= 4 is 16.9 Å². The lowest BCUT2D eigenvalue weighted by Crippen LogP contribution is -2.56. The molecule has 0 spiro atoms. The van der Waals surface area contributed by atoms with Crippen LogP contribution in [-0.4, -0.2) is 51.9 Å². The van der Waals surface area contributed by atoms with Crippen LogP contribution in [0.4, 0.5) is 0 Å². The molecule has 3 aliphatic rings. The first kappa shape index (κ1) is 16.6. The van der Waals surface area contributed by atoms with E-state index < -0.39 is 17.5 Å². The zero-order chi connectivity index (χ0) is 18.8. The average molecular weight is 366 g/mol. The number of nitrogens with one attached hydrogen (secondary N) is 1. The molecular formula is C21H22N2O4. The number of hydrogen-bond acceptors (Lipinski definition) is 5. The van der Waals surface area contributed by atoms with E-state index in [2.05, 4.69) is 11.1 Å². The van der Waals surface area contributed by atoms with Crippen molar-refractivity contribution in [3.05, 3.63) is 58.9 Å². The van der Waals surface area contributed by atoms with Crippen LogP contribution >= 0.6 is 0 Å². The molecule has 0 bridgehead atoms. The fourth-order valence-corrected chi connectivity index (χ4v) is 5.20. The Kier molecular flexibility index (Phi) is 3.51. The molecule has 6 heteroatoms. The van der Waals surface area contributed by atoms with Crippen LogP contribution in [0.3, 0.4) is 0 Å². The zero-order valence-corrected chi connectivity index (χ0v) is 15.1. The number of carbonyl (C=O) groups is 1. The Hall–Kier alpha value is -2.57. The maximum absolute atomic E-state index is 12.4. The largest absolute Gasteiger partial charge is 0.466 e. The molecule has 0 saturated heterocycles. The van der Waals surface area contributed by atoms with Crippen LogP contribution in [0.2, 0.25) is 0 Å². The first-order valence-electron chi connectivity index (χ1n) is 9.27. The number of aliphatic hydroxyl groups excluding tert-OH is 1. The Balaban J connectivity index is 1.74. The molecule has 3 atom stereocenters. The molecule has 140 valence electrons. The highest BCUT2D eigenvalue weighted by molar-refractivity contribution is 5.90. The lowest BCUT2D eigenvalue weighted by Gasteiger charge is -2.50. The van der Waals surface area contributed by atoms with E-state index >= 15 is 0 Å². The molecule has 1 aliphatic carbocycles. The van der Waals surface area contributed by atoms with Crippen LogP contribution in [0.15, 0.2) is 47.7 Å². The van der Waals surface area contributed by atoms with Crippen LogP contribution in [0.25, 0.3) is 10.9 Å². The molecule has 1 aromatic carbocycles. The van der Waals surface area contributed by atoms with Gasteiger partial charge in [0, 0.05) is 35.3 Å². The van der Waals surface area contributed by atoms with Gasteiger partial charge in [0.25, 0.3) is 0 Å². The summed E-state index contributed by atoms with van der Waals surface area (Å²) in [5.74, 6) is -0.849. The number of aliphatic hydroxyl groups is 2. The zero-order valence-electron chi connectivity index (χ0n) is 15.1. The van der Waals surface area contributed by atoms with E-state index in [-0.39, 0.29) is 12.6 Å². The first-order valence-corrected chi connectivity index (χ1v) is 9.27. The van der Waals surface area contributed by atoms with Crippen molar-refractivity contribution in [3.63, 3.8) is 0 Å². The summed E-state index contributed by atoms with van der Waals surface area (Å²) < 4.78 is 4.97. The van der Waals surface area contributed by atoms with Gasteiger partial charge >= 0.3 is 5.97 Å². The normalized spacial score (nSPS) is 28.9. The van der Waals surface area contributed by atoms with Crippen LogP contribution in [-0.2, 0) is 16.0 Å². The molecule has 3 heterocycles. The average Bonchev–Trinajstić information content (AvgIpc) is 3.23. The molecule has 5 rings (SSSR count). The fourth-order valence-electron chi connectivity index (χ4n) is 5.20. The number of ether oxygens (including phenoxy) is 1. The van der Waals surface area contributed by atoms with Gasteiger partial charge in [0.2, 0.25) is 0 Å². The summed E-state index contributed by atoms with van der Waals surface area (Å²) in [6, 6.07) is 7.77. The Morgan fingerprint density at radius 1 is 1.41 bits per heavy atom. The topological polar surface area (TPSA) is 85.8 Å².